The Labute approximate surface area is 193 Å². The van der Waals surface area contributed by atoms with E-state index in [1.165, 1.54) is 125 Å². The van der Waals surface area contributed by atoms with Crippen LogP contribution in [0.4, 0.5) is 5.69 Å². The van der Waals surface area contributed by atoms with Crippen LogP contribution in [-0.2, 0) is 0 Å². The lowest BCUT2D eigenvalue weighted by atomic mass is 9.86. The molecule has 0 fully saturated rings. The van der Waals surface area contributed by atoms with Crippen molar-refractivity contribution in [3.05, 3.63) is 42.0 Å². The Hall–Kier alpha value is -1.50. The Balaban J connectivity index is 1.83. The third-order valence-corrected chi connectivity index (χ3v) is 7.01. The first kappa shape index (κ1) is 25.8. The lowest BCUT2D eigenvalue weighted by molar-refractivity contribution is 0.486. The number of rotatable bonds is 18. The maximum absolute atomic E-state index is 6.69. The van der Waals surface area contributed by atoms with Gasteiger partial charge in [0.15, 0.2) is 0 Å². The molecule has 0 aliphatic rings. The van der Waals surface area contributed by atoms with Crippen molar-refractivity contribution in [3.63, 3.8) is 0 Å². The lowest BCUT2D eigenvalue weighted by Gasteiger charge is -2.21. The first-order valence-electron chi connectivity index (χ1n) is 13.5. The van der Waals surface area contributed by atoms with Crippen LogP contribution in [0.25, 0.3) is 10.8 Å². The highest BCUT2D eigenvalue weighted by molar-refractivity contribution is 5.94. The van der Waals surface area contributed by atoms with Crippen LogP contribution in [0.3, 0.4) is 0 Å². The third-order valence-electron chi connectivity index (χ3n) is 7.01. The molecule has 2 rings (SSSR count). The van der Waals surface area contributed by atoms with Crippen molar-refractivity contribution >= 4 is 16.5 Å². The number of hydrogen-bond donors (Lipinski definition) is 1. The average molecular weight is 424 g/mol. The summed E-state index contributed by atoms with van der Waals surface area (Å²) < 4.78 is 0. The summed E-state index contributed by atoms with van der Waals surface area (Å²) in [7, 11) is 0. The minimum Gasteiger partial charge on any atom is -0.398 e. The molecule has 0 heterocycles. The highest BCUT2D eigenvalue weighted by Crippen LogP contribution is 2.36. The fourth-order valence-electron chi connectivity index (χ4n) is 5.00. The van der Waals surface area contributed by atoms with Gasteiger partial charge in [-0.1, -0.05) is 147 Å². The number of anilines is 1. The average Bonchev–Trinajstić information content (AvgIpc) is 2.79. The molecule has 31 heavy (non-hydrogen) atoms. The lowest BCUT2D eigenvalue weighted by Crippen LogP contribution is -2.04. The van der Waals surface area contributed by atoms with Crippen LogP contribution in [0.15, 0.2) is 36.4 Å². The van der Waals surface area contributed by atoms with Crippen LogP contribution < -0.4 is 5.73 Å². The largest absolute Gasteiger partial charge is 0.398 e. The van der Waals surface area contributed by atoms with Crippen LogP contribution in [0.5, 0.6) is 0 Å². The normalized spacial score (nSPS) is 12.5. The molecule has 2 aromatic rings. The molecular weight excluding hydrogens is 374 g/mol. The SMILES string of the molecule is CCCCCCCCCCCCC(CCCCCCC)c1ccc2ccccc2c1N. The molecule has 0 aromatic heterocycles. The third kappa shape index (κ3) is 9.67. The van der Waals surface area contributed by atoms with Gasteiger partial charge in [-0.3, -0.25) is 0 Å². The second kappa shape index (κ2) is 16.2. The highest BCUT2D eigenvalue weighted by atomic mass is 14.6. The zero-order valence-corrected chi connectivity index (χ0v) is 20.6. The standard InChI is InChI=1S/C30H49N/c1-3-5-7-9-10-11-12-13-15-17-21-26(20-16-14-8-6-4-2)29-25-24-27-22-18-19-23-28(27)30(29)31/h18-19,22-26H,3-17,20-21,31H2,1-2H3. The van der Waals surface area contributed by atoms with Gasteiger partial charge in [0.2, 0.25) is 0 Å². The van der Waals surface area contributed by atoms with E-state index in [0.29, 0.717) is 5.92 Å². The molecule has 2 aromatic carbocycles. The van der Waals surface area contributed by atoms with Gasteiger partial charge in [0.1, 0.15) is 0 Å². The van der Waals surface area contributed by atoms with Crippen molar-refractivity contribution < 1.29 is 0 Å². The molecule has 0 saturated carbocycles. The van der Waals surface area contributed by atoms with Crippen LogP contribution in [0.1, 0.15) is 134 Å². The van der Waals surface area contributed by atoms with Crippen LogP contribution >= 0.6 is 0 Å². The van der Waals surface area contributed by atoms with E-state index in [1.807, 2.05) is 0 Å². The predicted octanol–water partition coefficient (Wildman–Crippen LogP) is 10.2. The molecule has 0 saturated heterocycles. The summed E-state index contributed by atoms with van der Waals surface area (Å²) in [4.78, 5) is 0. The summed E-state index contributed by atoms with van der Waals surface area (Å²) in [6.07, 6.45) is 23.5. The molecule has 0 bridgehead atoms. The summed E-state index contributed by atoms with van der Waals surface area (Å²) in [5, 5.41) is 2.50. The van der Waals surface area contributed by atoms with Crippen molar-refractivity contribution in [2.45, 2.75) is 129 Å². The van der Waals surface area contributed by atoms with Crippen molar-refractivity contribution in [2.75, 3.05) is 5.73 Å². The van der Waals surface area contributed by atoms with Gasteiger partial charge in [-0.25, -0.2) is 0 Å². The number of benzene rings is 2. The molecule has 0 spiro atoms. The quantitative estimate of drug-likeness (QED) is 0.187. The van der Waals surface area contributed by atoms with Gasteiger partial charge in [-0.15, -0.1) is 0 Å². The zero-order chi connectivity index (χ0) is 22.2. The van der Waals surface area contributed by atoms with E-state index in [1.54, 1.807) is 0 Å². The molecule has 1 unspecified atom stereocenters. The van der Waals surface area contributed by atoms with Gasteiger partial charge in [0.05, 0.1) is 0 Å². The van der Waals surface area contributed by atoms with Crippen molar-refractivity contribution in [2.24, 2.45) is 0 Å². The van der Waals surface area contributed by atoms with Gasteiger partial charge < -0.3 is 5.73 Å². The Morgan fingerprint density at radius 2 is 1.06 bits per heavy atom. The number of nitrogen functional groups attached to an aromatic ring is 1. The Kier molecular flexibility index (Phi) is 13.4. The van der Waals surface area contributed by atoms with Crippen LogP contribution in [0.2, 0.25) is 0 Å². The summed E-state index contributed by atoms with van der Waals surface area (Å²) >= 11 is 0. The van der Waals surface area contributed by atoms with E-state index >= 15 is 0 Å². The summed E-state index contributed by atoms with van der Waals surface area (Å²) in [6, 6.07) is 13.2. The Morgan fingerprint density at radius 3 is 1.61 bits per heavy atom. The first-order valence-corrected chi connectivity index (χ1v) is 13.5. The molecule has 0 radical (unpaired) electrons. The van der Waals surface area contributed by atoms with Gasteiger partial charge >= 0.3 is 0 Å². The summed E-state index contributed by atoms with van der Waals surface area (Å²) in [5.41, 5.74) is 9.13. The Morgan fingerprint density at radius 1 is 0.581 bits per heavy atom. The highest BCUT2D eigenvalue weighted by Gasteiger charge is 2.16. The summed E-state index contributed by atoms with van der Waals surface area (Å²) in [6.45, 7) is 4.59. The number of nitrogens with two attached hydrogens (primary N) is 1. The van der Waals surface area contributed by atoms with Crippen molar-refractivity contribution in [1.82, 2.24) is 0 Å². The second-order valence-electron chi connectivity index (χ2n) is 9.66. The predicted molar refractivity (Wildman–Crippen MR) is 141 cm³/mol. The topological polar surface area (TPSA) is 26.0 Å². The van der Waals surface area contributed by atoms with Crippen molar-refractivity contribution in [1.29, 1.82) is 0 Å². The molecule has 0 aliphatic carbocycles. The van der Waals surface area contributed by atoms with Crippen molar-refractivity contribution in [3.8, 4) is 0 Å². The van der Waals surface area contributed by atoms with Gasteiger partial charge in [-0.2, -0.15) is 0 Å². The second-order valence-corrected chi connectivity index (χ2v) is 9.66. The maximum Gasteiger partial charge on any atom is 0.0429 e. The number of hydrogen-bond acceptors (Lipinski definition) is 1. The molecule has 1 nitrogen and oxygen atoms in total. The van der Waals surface area contributed by atoms with E-state index < -0.39 is 0 Å². The number of unbranched alkanes of at least 4 members (excludes halogenated alkanes) is 13. The molecule has 0 aliphatic heterocycles. The molecule has 2 N–H and O–H groups in total. The van der Waals surface area contributed by atoms with Gasteiger partial charge in [0, 0.05) is 11.1 Å². The molecule has 1 atom stereocenters. The van der Waals surface area contributed by atoms with Crippen LogP contribution in [-0.4, -0.2) is 0 Å². The minimum absolute atomic E-state index is 0.625. The van der Waals surface area contributed by atoms with E-state index in [9.17, 15) is 0 Å². The van der Waals surface area contributed by atoms with Crippen LogP contribution in [0, 0.1) is 0 Å². The van der Waals surface area contributed by atoms with E-state index in [-0.39, 0.29) is 0 Å². The molecule has 174 valence electrons. The molecular formula is C30H49N. The molecule has 0 amide bonds. The minimum atomic E-state index is 0.625. The van der Waals surface area contributed by atoms with Gasteiger partial charge in [0.25, 0.3) is 0 Å². The number of fused-ring (bicyclic) bond motifs is 1. The fourth-order valence-corrected chi connectivity index (χ4v) is 5.00. The zero-order valence-electron chi connectivity index (χ0n) is 20.6. The summed E-state index contributed by atoms with van der Waals surface area (Å²) in [5.74, 6) is 0.625. The maximum atomic E-state index is 6.69. The molecule has 1 heteroatoms. The fraction of sp³-hybridized carbons (Fsp3) is 0.667. The van der Waals surface area contributed by atoms with Gasteiger partial charge in [-0.05, 0) is 29.7 Å². The Bertz CT molecular complexity index is 705. The van der Waals surface area contributed by atoms with E-state index in [0.717, 1.165) is 5.69 Å². The monoisotopic (exact) mass is 423 g/mol. The van der Waals surface area contributed by atoms with E-state index in [4.69, 9.17) is 5.73 Å². The smallest absolute Gasteiger partial charge is 0.0429 e. The van der Waals surface area contributed by atoms with E-state index in [2.05, 4.69) is 50.2 Å². The first-order chi connectivity index (χ1) is 15.3.